The van der Waals surface area contributed by atoms with Gasteiger partial charge in [-0.3, -0.25) is 9.59 Å². The summed E-state index contributed by atoms with van der Waals surface area (Å²) in [7, 11) is 0. The summed E-state index contributed by atoms with van der Waals surface area (Å²) in [6, 6.07) is 14.4. The molecule has 3 rings (SSSR count). The summed E-state index contributed by atoms with van der Waals surface area (Å²) in [5.74, 6) is -0.145. The van der Waals surface area contributed by atoms with Gasteiger partial charge in [0.2, 0.25) is 5.91 Å². The first-order valence-electron chi connectivity index (χ1n) is 9.31. The molecule has 1 aliphatic rings. The third-order valence-corrected chi connectivity index (χ3v) is 4.93. The van der Waals surface area contributed by atoms with Crippen molar-refractivity contribution in [2.24, 2.45) is 0 Å². The van der Waals surface area contributed by atoms with Crippen LogP contribution in [-0.2, 0) is 4.79 Å². The third-order valence-electron chi connectivity index (χ3n) is 4.60. The molecule has 27 heavy (non-hydrogen) atoms. The lowest BCUT2D eigenvalue weighted by atomic mass is 10.1. The Morgan fingerprint density at radius 3 is 2.44 bits per heavy atom. The Hall–Kier alpha value is -2.53. The summed E-state index contributed by atoms with van der Waals surface area (Å²) in [6.07, 6.45) is 4.50. The molecule has 2 aromatic carbocycles. The van der Waals surface area contributed by atoms with Crippen LogP contribution in [0.25, 0.3) is 0 Å². The van der Waals surface area contributed by atoms with E-state index in [-0.39, 0.29) is 18.4 Å². The molecule has 0 bridgehead atoms. The van der Waals surface area contributed by atoms with Crippen LogP contribution in [-0.4, -0.2) is 36.3 Å². The smallest absolute Gasteiger partial charge is 0.253 e. The first-order valence-corrected chi connectivity index (χ1v) is 9.69. The van der Waals surface area contributed by atoms with Crippen molar-refractivity contribution in [3.8, 4) is 0 Å². The Bertz CT molecular complexity index is 802. The van der Waals surface area contributed by atoms with Gasteiger partial charge in [0.25, 0.3) is 5.91 Å². The predicted molar refractivity (Wildman–Crippen MR) is 109 cm³/mol. The highest BCUT2D eigenvalue weighted by molar-refractivity contribution is 6.33. The highest BCUT2D eigenvalue weighted by Gasteiger charge is 2.17. The van der Waals surface area contributed by atoms with Crippen molar-refractivity contribution in [2.75, 3.05) is 30.3 Å². The Morgan fingerprint density at radius 1 is 0.963 bits per heavy atom. The van der Waals surface area contributed by atoms with Crippen molar-refractivity contribution in [1.29, 1.82) is 0 Å². The maximum Gasteiger partial charge on any atom is 0.253 e. The molecule has 6 heteroatoms. The average Bonchev–Trinajstić information content (AvgIpc) is 2.97. The molecule has 1 heterocycles. The molecule has 0 unspecified atom stereocenters. The minimum Gasteiger partial charge on any atom is -0.376 e. The van der Waals surface area contributed by atoms with Crippen LogP contribution in [0.5, 0.6) is 0 Å². The number of rotatable bonds is 5. The number of halogens is 1. The fraction of sp³-hybridized carbons (Fsp3) is 0.333. The molecule has 2 amide bonds. The minimum absolute atomic E-state index is 0.0565. The summed E-state index contributed by atoms with van der Waals surface area (Å²) >= 11 is 6.05. The van der Waals surface area contributed by atoms with Gasteiger partial charge < -0.3 is 15.5 Å². The van der Waals surface area contributed by atoms with Crippen LogP contribution in [0, 0.1) is 0 Å². The first-order chi connectivity index (χ1) is 13.1. The van der Waals surface area contributed by atoms with Crippen molar-refractivity contribution in [3.63, 3.8) is 0 Å². The van der Waals surface area contributed by atoms with Crippen molar-refractivity contribution >= 4 is 34.8 Å². The number of likely N-dealkylation sites (tertiary alicyclic amines) is 1. The zero-order valence-corrected chi connectivity index (χ0v) is 16.0. The molecule has 142 valence electrons. The predicted octanol–water partition coefficient (Wildman–Crippen LogP) is 4.41. The second kappa shape index (κ2) is 9.42. The van der Waals surface area contributed by atoms with E-state index in [2.05, 4.69) is 10.6 Å². The summed E-state index contributed by atoms with van der Waals surface area (Å²) < 4.78 is 0. The minimum atomic E-state index is -0.202. The van der Waals surface area contributed by atoms with E-state index in [1.807, 2.05) is 35.2 Å². The van der Waals surface area contributed by atoms with Gasteiger partial charge in [-0.05, 0) is 43.2 Å². The summed E-state index contributed by atoms with van der Waals surface area (Å²) in [4.78, 5) is 26.8. The van der Waals surface area contributed by atoms with Crippen LogP contribution in [0.3, 0.4) is 0 Å². The van der Waals surface area contributed by atoms with Gasteiger partial charge in [-0.2, -0.15) is 0 Å². The third kappa shape index (κ3) is 5.47. The highest BCUT2D eigenvalue weighted by atomic mass is 35.5. The molecule has 5 nitrogen and oxygen atoms in total. The number of carbonyl (C=O) groups excluding carboxylic acids is 2. The van der Waals surface area contributed by atoms with E-state index in [1.165, 1.54) is 12.8 Å². The molecule has 1 saturated heterocycles. The van der Waals surface area contributed by atoms with Gasteiger partial charge in [0.15, 0.2) is 0 Å². The van der Waals surface area contributed by atoms with Crippen molar-refractivity contribution in [2.45, 2.75) is 25.7 Å². The van der Waals surface area contributed by atoms with E-state index >= 15 is 0 Å². The Balaban J connectivity index is 1.58. The van der Waals surface area contributed by atoms with Crippen LogP contribution in [0.1, 0.15) is 36.0 Å². The molecule has 0 aliphatic carbocycles. The first kappa shape index (κ1) is 19.2. The fourth-order valence-corrected chi connectivity index (χ4v) is 3.34. The van der Waals surface area contributed by atoms with Crippen molar-refractivity contribution < 1.29 is 9.59 Å². The maximum absolute atomic E-state index is 12.7. The number of amides is 2. The highest BCUT2D eigenvalue weighted by Crippen LogP contribution is 2.20. The van der Waals surface area contributed by atoms with Crippen molar-refractivity contribution in [1.82, 2.24) is 4.90 Å². The van der Waals surface area contributed by atoms with Gasteiger partial charge in [-0.1, -0.05) is 42.6 Å². The van der Waals surface area contributed by atoms with Gasteiger partial charge in [0, 0.05) is 24.3 Å². The number of anilines is 2. The second-order valence-corrected chi connectivity index (χ2v) is 7.08. The lowest BCUT2D eigenvalue weighted by Crippen LogP contribution is -2.31. The van der Waals surface area contributed by atoms with Crippen molar-refractivity contribution in [3.05, 3.63) is 59.1 Å². The van der Waals surface area contributed by atoms with E-state index in [9.17, 15) is 9.59 Å². The lowest BCUT2D eigenvalue weighted by Gasteiger charge is -2.20. The van der Waals surface area contributed by atoms with Gasteiger partial charge in [-0.15, -0.1) is 0 Å². The van der Waals surface area contributed by atoms with Crippen LogP contribution in [0.15, 0.2) is 48.5 Å². The Kier molecular flexibility index (Phi) is 6.71. The van der Waals surface area contributed by atoms with Gasteiger partial charge in [0.1, 0.15) is 0 Å². The van der Waals surface area contributed by atoms with E-state index in [0.29, 0.717) is 16.3 Å². The molecule has 2 aromatic rings. The molecular formula is C21H24ClN3O2. The van der Waals surface area contributed by atoms with Crippen LogP contribution in [0.2, 0.25) is 5.02 Å². The van der Waals surface area contributed by atoms with Crippen LogP contribution >= 0.6 is 11.6 Å². The molecule has 0 aromatic heterocycles. The number of hydrogen-bond acceptors (Lipinski definition) is 3. The Labute approximate surface area is 164 Å². The number of nitrogens with one attached hydrogen (secondary N) is 2. The number of benzene rings is 2. The Morgan fingerprint density at radius 2 is 1.70 bits per heavy atom. The fourth-order valence-electron chi connectivity index (χ4n) is 3.16. The number of para-hydroxylation sites is 1. The summed E-state index contributed by atoms with van der Waals surface area (Å²) in [6.45, 7) is 1.72. The number of hydrogen-bond donors (Lipinski definition) is 2. The van der Waals surface area contributed by atoms with E-state index in [0.717, 1.165) is 31.6 Å². The molecule has 0 radical (unpaired) electrons. The van der Waals surface area contributed by atoms with Gasteiger partial charge in [-0.25, -0.2) is 0 Å². The molecule has 2 N–H and O–H groups in total. The van der Waals surface area contributed by atoms with Gasteiger partial charge >= 0.3 is 0 Å². The zero-order chi connectivity index (χ0) is 19.1. The largest absolute Gasteiger partial charge is 0.376 e. The molecule has 0 saturated carbocycles. The lowest BCUT2D eigenvalue weighted by molar-refractivity contribution is -0.114. The van der Waals surface area contributed by atoms with E-state index in [4.69, 9.17) is 11.6 Å². The molecule has 1 fully saturated rings. The molecule has 0 spiro atoms. The molecular weight excluding hydrogens is 362 g/mol. The zero-order valence-electron chi connectivity index (χ0n) is 15.2. The van der Waals surface area contributed by atoms with Gasteiger partial charge in [0.05, 0.1) is 17.3 Å². The molecule has 0 atom stereocenters. The monoisotopic (exact) mass is 385 g/mol. The number of nitrogens with zero attached hydrogens (tertiary/aromatic N) is 1. The van der Waals surface area contributed by atoms with Crippen LogP contribution in [0.4, 0.5) is 11.4 Å². The normalized spacial score (nSPS) is 14.3. The quantitative estimate of drug-likeness (QED) is 0.801. The summed E-state index contributed by atoms with van der Waals surface area (Å²) in [5, 5.41) is 6.33. The molecule has 1 aliphatic heterocycles. The van der Waals surface area contributed by atoms with Crippen LogP contribution < -0.4 is 10.6 Å². The van der Waals surface area contributed by atoms with E-state index in [1.54, 1.807) is 18.2 Å². The standard InChI is InChI=1S/C21H24ClN3O2/c22-18-10-3-4-11-19(18)24-20(26)15-23-17-9-7-8-16(14-17)21(27)25-12-5-1-2-6-13-25/h3-4,7-11,14,23H,1-2,5-6,12-13,15H2,(H,24,26). The SMILES string of the molecule is O=C(CNc1cccc(C(=O)N2CCCCCC2)c1)Nc1ccccc1Cl. The second-order valence-electron chi connectivity index (χ2n) is 6.67. The maximum atomic E-state index is 12.7. The topological polar surface area (TPSA) is 61.4 Å². The van der Waals surface area contributed by atoms with E-state index < -0.39 is 0 Å². The summed E-state index contributed by atoms with van der Waals surface area (Å²) in [5.41, 5.74) is 1.97. The average molecular weight is 386 g/mol. The number of carbonyl (C=O) groups is 2.